The van der Waals surface area contributed by atoms with E-state index >= 15 is 0 Å². The van der Waals surface area contributed by atoms with Crippen LogP contribution in [0.5, 0.6) is 0 Å². The molecule has 1 saturated carbocycles. The van der Waals surface area contributed by atoms with E-state index in [1.807, 2.05) is 11.9 Å². The van der Waals surface area contributed by atoms with Gasteiger partial charge in [-0.1, -0.05) is 19.3 Å². The molecule has 1 aliphatic carbocycles. The van der Waals surface area contributed by atoms with Crippen LogP contribution in [0, 0.1) is 11.8 Å². The van der Waals surface area contributed by atoms with E-state index in [4.69, 9.17) is 0 Å². The van der Waals surface area contributed by atoms with Gasteiger partial charge in [0.15, 0.2) is 0 Å². The molecule has 140 valence electrons. The molecular formula is C18H34ClN3O2. The Morgan fingerprint density at radius 2 is 1.67 bits per heavy atom. The summed E-state index contributed by atoms with van der Waals surface area (Å²) in [6, 6.07) is 0. The van der Waals surface area contributed by atoms with Crippen molar-refractivity contribution >= 4 is 24.2 Å². The number of carbonyl (C=O) groups excluding carboxylic acids is 2. The van der Waals surface area contributed by atoms with Gasteiger partial charge in [0, 0.05) is 19.5 Å². The summed E-state index contributed by atoms with van der Waals surface area (Å²) in [6.45, 7) is 2.90. The Bertz CT molecular complexity index is 378. The lowest BCUT2D eigenvalue weighted by atomic mass is 9.87. The van der Waals surface area contributed by atoms with Gasteiger partial charge in [0.25, 0.3) is 0 Å². The summed E-state index contributed by atoms with van der Waals surface area (Å²) in [4.78, 5) is 26.1. The lowest BCUT2D eigenvalue weighted by Crippen LogP contribution is -2.44. The van der Waals surface area contributed by atoms with E-state index in [1.165, 1.54) is 38.5 Å². The maximum atomic E-state index is 12.2. The number of piperidine rings is 1. The van der Waals surface area contributed by atoms with Crippen LogP contribution in [-0.4, -0.2) is 49.9 Å². The van der Waals surface area contributed by atoms with Crippen molar-refractivity contribution in [1.29, 1.82) is 0 Å². The predicted molar refractivity (Wildman–Crippen MR) is 99.3 cm³/mol. The maximum Gasteiger partial charge on any atom is 0.241 e. The van der Waals surface area contributed by atoms with E-state index < -0.39 is 0 Å². The van der Waals surface area contributed by atoms with Gasteiger partial charge in [-0.15, -0.1) is 12.4 Å². The van der Waals surface area contributed by atoms with Crippen molar-refractivity contribution in [1.82, 2.24) is 15.5 Å². The van der Waals surface area contributed by atoms with Crippen molar-refractivity contribution in [2.24, 2.45) is 11.8 Å². The number of nitrogens with one attached hydrogen (secondary N) is 2. The van der Waals surface area contributed by atoms with Gasteiger partial charge in [-0.2, -0.15) is 0 Å². The molecule has 0 aromatic heterocycles. The zero-order valence-corrected chi connectivity index (χ0v) is 15.8. The second-order valence-electron chi connectivity index (χ2n) is 7.20. The fraction of sp³-hybridized carbons (Fsp3) is 0.889. The molecule has 2 amide bonds. The quantitative estimate of drug-likeness (QED) is 0.733. The molecule has 0 radical (unpaired) electrons. The Morgan fingerprint density at radius 1 is 1.00 bits per heavy atom. The molecule has 24 heavy (non-hydrogen) atoms. The number of halogens is 1. The molecular weight excluding hydrogens is 326 g/mol. The Kier molecular flexibility index (Phi) is 10.3. The molecule has 0 unspecified atom stereocenters. The average Bonchev–Trinajstić information content (AvgIpc) is 2.59. The van der Waals surface area contributed by atoms with Gasteiger partial charge in [-0.3, -0.25) is 9.59 Å². The summed E-state index contributed by atoms with van der Waals surface area (Å²) in [5, 5.41) is 6.02. The molecule has 5 nitrogen and oxygen atoms in total. The highest BCUT2D eigenvalue weighted by molar-refractivity contribution is 5.85. The summed E-state index contributed by atoms with van der Waals surface area (Å²) in [5.74, 6) is 1.39. The topological polar surface area (TPSA) is 61.4 Å². The Hall–Kier alpha value is -0.810. The van der Waals surface area contributed by atoms with Crippen LogP contribution in [0.3, 0.4) is 0 Å². The number of carbonyl (C=O) groups is 2. The van der Waals surface area contributed by atoms with Gasteiger partial charge < -0.3 is 15.5 Å². The van der Waals surface area contributed by atoms with Crippen LogP contribution in [0.1, 0.15) is 57.8 Å². The molecule has 2 aliphatic rings. The van der Waals surface area contributed by atoms with E-state index in [9.17, 15) is 9.59 Å². The van der Waals surface area contributed by atoms with Gasteiger partial charge in [0.05, 0.1) is 6.54 Å². The van der Waals surface area contributed by atoms with Crippen molar-refractivity contribution in [3.8, 4) is 0 Å². The van der Waals surface area contributed by atoms with Crippen LogP contribution in [-0.2, 0) is 9.59 Å². The summed E-state index contributed by atoms with van der Waals surface area (Å²) in [6.07, 6.45) is 10.1. The van der Waals surface area contributed by atoms with Gasteiger partial charge in [0.1, 0.15) is 0 Å². The number of nitrogens with zero attached hydrogens (tertiary/aromatic N) is 1. The van der Waals surface area contributed by atoms with E-state index in [1.54, 1.807) is 0 Å². The van der Waals surface area contributed by atoms with E-state index in [-0.39, 0.29) is 30.8 Å². The Morgan fingerprint density at radius 3 is 2.29 bits per heavy atom. The first-order valence-corrected chi connectivity index (χ1v) is 9.38. The molecule has 0 aromatic rings. The molecule has 2 N–H and O–H groups in total. The SMILES string of the molecule is CNCCC1CCN(C(=O)CNC(=O)CC2CCCCC2)CC1.Cl. The molecule has 0 spiro atoms. The maximum absolute atomic E-state index is 12.2. The number of hydrogen-bond acceptors (Lipinski definition) is 3. The fourth-order valence-electron chi connectivity index (χ4n) is 3.83. The molecule has 1 saturated heterocycles. The minimum atomic E-state index is 0. The van der Waals surface area contributed by atoms with Crippen molar-refractivity contribution in [2.45, 2.75) is 57.8 Å². The van der Waals surface area contributed by atoms with Crippen LogP contribution in [0.15, 0.2) is 0 Å². The van der Waals surface area contributed by atoms with Crippen molar-refractivity contribution < 1.29 is 9.59 Å². The van der Waals surface area contributed by atoms with Crippen LogP contribution in [0.4, 0.5) is 0 Å². The third-order valence-electron chi connectivity index (χ3n) is 5.41. The highest BCUT2D eigenvalue weighted by atomic mass is 35.5. The zero-order chi connectivity index (χ0) is 16.5. The third-order valence-corrected chi connectivity index (χ3v) is 5.41. The summed E-state index contributed by atoms with van der Waals surface area (Å²) in [5.41, 5.74) is 0. The zero-order valence-electron chi connectivity index (χ0n) is 15.0. The smallest absolute Gasteiger partial charge is 0.241 e. The number of amides is 2. The molecule has 6 heteroatoms. The van der Waals surface area contributed by atoms with Crippen LogP contribution in [0.2, 0.25) is 0 Å². The Labute approximate surface area is 152 Å². The number of likely N-dealkylation sites (tertiary alicyclic amines) is 1. The minimum Gasteiger partial charge on any atom is -0.347 e. The first-order chi connectivity index (χ1) is 11.2. The summed E-state index contributed by atoms with van der Waals surface area (Å²) >= 11 is 0. The highest BCUT2D eigenvalue weighted by Gasteiger charge is 2.23. The summed E-state index contributed by atoms with van der Waals surface area (Å²) < 4.78 is 0. The monoisotopic (exact) mass is 359 g/mol. The standard InChI is InChI=1S/C18H33N3O2.ClH/c1-19-10-7-15-8-11-21(12-9-15)18(23)14-20-17(22)13-16-5-3-2-4-6-16;/h15-16,19H,2-14H2,1H3,(H,20,22);1H. The van der Waals surface area contributed by atoms with Gasteiger partial charge in [0.2, 0.25) is 11.8 Å². The first kappa shape index (κ1) is 21.2. The number of rotatable bonds is 7. The highest BCUT2D eigenvalue weighted by Crippen LogP contribution is 2.26. The molecule has 0 atom stereocenters. The lowest BCUT2D eigenvalue weighted by molar-refractivity contribution is -0.134. The van der Waals surface area contributed by atoms with Crippen LogP contribution >= 0.6 is 12.4 Å². The normalized spacial score (nSPS) is 19.6. The van der Waals surface area contributed by atoms with E-state index in [0.29, 0.717) is 12.3 Å². The molecule has 2 fully saturated rings. The van der Waals surface area contributed by atoms with Crippen molar-refractivity contribution in [3.63, 3.8) is 0 Å². The fourth-order valence-corrected chi connectivity index (χ4v) is 3.83. The average molecular weight is 360 g/mol. The summed E-state index contributed by atoms with van der Waals surface area (Å²) in [7, 11) is 1.98. The van der Waals surface area contributed by atoms with Crippen molar-refractivity contribution in [2.75, 3.05) is 33.2 Å². The molecule has 0 bridgehead atoms. The van der Waals surface area contributed by atoms with Gasteiger partial charge >= 0.3 is 0 Å². The minimum absolute atomic E-state index is 0. The molecule has 2 rings (SSSR count). The first-order valence-electron chi connectivity index (χ1n) is 9.38. The van der Waals surface area contributed by atoms with E-state index in [0.717, 1.165) is 38.4 Å². The van der Waals surface area contributed by atoms with Crippen LogP contribution in [0.25, 0.3) is 0 Å². The predicted octanol–water partition coefficient (Wildman–Crippen LogP) is 2.34. The molecule has 1 aliphatic heterocycles. The molecule has 0 aromatic carbocycles. The van der Waals surface area contributed by atoms with Crippen molar-refractivity contribution in [3.05, 3.63) is 0 Å². The lowest BCUT2D eigenvalue weighted by Gasteiger charge is -2.32. The number of hydrogen-bond donors (Lipinski definition) is 2. The third kappa shape index (κ3) is 7.39. The second kappa shape index (κ2) is 11.7. The van der Waals surface area contributed by atoms with Gasteiger partial charge in [-0.05, 0) is 57.5 Å². The van der Waals surface area contributed by atoms with Crippen LogP contribution < -0.4 is 10.6 Å². The largest absolute Gasteiger partial charge is 0.347 e. The molecule has 1 heterocycles. The second-order valence-corrected chi connectivity index (χ2v) is 7.20. The van der Waals surface area contributed by atoms with Gasteiger partial charge in [-0.25, -0.2) is 0 Å². The Balaban J connectivity index is 0.00000288. The van der Waals surface area contributed by atoms with E-state index in [2.05, 4.69) is 10.6 Å².